The monoisotopic (exact) mass is 480 g/mol. The molecule has 3 aromatic rings. The minimum atomic E-state index is -4.51. The number of fused-ring (bicyclic) bond motifs is 1. The van der Waals surface area contributed by atoms with Crippen LogP contribution in [-0.2, 0) is 17.6 Å². The lowest BCUT2D eigenvalue weighted by atomic mass is 9.97. The highest BCUT2D eigenvalue weighted by atomic mass is 35.5. The molecule has 0 fully saturated rings. The van der Waals surface area contributed by atoms with Crippen LogP contribution < -0.4 is 10.1 Å². The Balaban J connectivity index is 1.99. The third-order valence-corrected chi connectivity index (χ3v) is 5.59. The fourth-order valence-corrected chi connectivity index (χ4v) is 3.34. The molecule has 0 radical (unpaired) electrons. The van der Waals surface area contributed by atoms with Gasteiger partial charge < -0.3 is 15.2 Å². The van der Waals surface area contributed by atoms with Crippen LogP contribution in [0.15, 0.2) is 48.7 Å². The molecular formula is C23H20ClF3N2O4. The molecule has 33 heavy (non-hydrogen) atoms. The second-order valence-electron chi connectivity index (χ2n) is 7.55. The molecule has 174 valence electrons. The first-order chi connectivity index (χ1) is 15.5. The number of aromatic nitrogens is 1. The van der Waals surface area contributed by atoms with Crippen molar-refractivity contribution in [1.82, 2.24) is 10.3 Å². The van der Waals surface area contributed by atoms with Crippen LogP contribution in [0.2, 0.25) is 5.02 Å². The number of hydrogen-bond acceptors (Lipinski definition) is 4. The van der Waals surface area contributed by atoms with Gasteiger partial charge in [-0.05, 0) is 31.5 Å². The predicted octanol–water partition coefficient (Wildman–Crippen LogP) is 5.47. The van der Waals surface area contributed by atoms with Crippen molar-refractivity contribution < 1.29 is 32.6 Å². The van der Waals surface area contributed by atoms with Gasteiger partial charge in [0.2, 0.25) is 0 Å². The lowest BCUT2D eigenvalue weighted by molar-refractivity contribution is -0.144. The van der Waals surface area contributed by atoms with Gasteiger partial charge in [-0.2, -0.15) is 13.2 Å². The zero-order chi connectivity index (χ0) is 24.4. The maximum absolute atomic E-state index is 13.1. The molecule has 10 heteroatoms. The van der Waals surface area contributed by atoms with Crippen LogP contribution in [0.1, 0.15) is 41.9 Å². The summed E-state index contributed by atoms with van der Waals surface area (Å²) in [5, 5.41) is 13.3. The number of carbonyl (C=O) groups excluding carboxylic acids is 1. The highest BCUT2D eigenvalue weighted by Gasteiger charge is 2.34. The van der Waals surface area contributed by atoms with Crippen LogP contribution in [0.4, 0.5) is 13.2 Å². The van der Waals surface area contributed by atoms with Crippen molar-refractivity contribution in [2.75, 3.05) is 0 Å². The summed E-state index contributed by atoms with van der Waals surface area (Å²) in [6.07, 6.45) is -3.69. The molecule has 1 atom stereocenters. The van der Waals surface area contributed by atoms with Gasteiger partial charge in [-0.3, -0.25) is 9.78 Å². The van der Waals surface area contributed by atoms with Gasteiger partial charge in [0, 0.05) is 22.0 Å². The molecule has 1 amide bonds. The number of halogens is 4. The average molecular weight is 481 g/mol. The summed E-state index contributed by atoms with van der Waals surface area (Å²) >= 11 is 6.35. The Morgan fingerprint density at radius 1 is 1.15 bits per heavy atom. The number of benzene rings is 2. The summed E-state index contributed by atoms with van der Waals surface area (Å²) in [6.45, 7) is 2.77. The van der Waals surface area contributed by atoms with Gasteiger partial charge in [-0.15, -0.1) is 0 Å². The van der Waals surface area contributed by atoms with E-state index in [2.05, 4.69) is 10.3 Å². The number of carboxylic acids is 1. The number of aliphatic carboxylic acids is 1. The molecule has 0 saturated heterocycles. The number of nitrogens with one attached hydrogen (secondary N) is 1. The molecule has 1 heterocycles. The summed E-state index contributed by atoms with van der Waals surface area (Å²) in [4.78, 5) is 28.5. The van der Waals surface area contributed by atoms with Gasteiger partial charge in [0.25, 0.3) is 5.91 Å². The topological polar surface area (TPSA) is 88.5 Å². The maximum Gasteiger partial charge on any atom is 0.417 e. The predicted molar refractivity (Wildman–Crippen MR) is 116 cm³/mol. The summed E-state index contributed by atoms with van der Waals surface area (Å²) < 4.78 is 44.2. The number of carboxylic acid groups (broad SMARTS) is 1. The van der Waals surface area contributed by atoms with E-state index in [1.165, 1.54) is 19.1 Å². The van der Waals surface area contributed by atoms with Crippen LogP contribution in [0.25, 0.3) is 10.8 Å². The molecule has 3 rings (SSSR count). The van der Waals surface area contributed by atoms with Crippen LogP contribution in [0, 0.1) is 0 Å². The Labute approximate surface area is 192 Å². The van der Waals surface area contributed by atoms with E-state index in [0.29, 0.717) is 17.0 Å². The highest BCUT2D eigenvalue weighted by Crippen LogP contribution is 2.36. The van der Waals surface area contributed by atoms with E-state index in [9.17, 15) is 27.9 Å². The van der Waals surface area contributed by atoms with Gasteiger partial charge >= 0.3 is 12.1 Å². The highest BCUT2D eigenvalue weighted by molar-refractivity contribution is 6.36. The smallest absolute Gasteiger partial charge is 0.417 e. The molecule has 0 saturated carbocycles. The first-order valence-corrected chi connectivity index (χ1v) is 10.3. The van der Waals surface area contributed by atoms with Crippen LogP contribution in [0.5, 0.6) is 5.75 Å². The van der Waals surface area contributed by atoms with Crippen molar-refractivity contribution in [3.05, 3.63) is 70.5 Å². The summed E-state index contributed by atoms with van der Waals surface area (Å²) in [7, 11) is 0. The van der Waals surface area contributed by atoms with Gasteiger partial charge in [-0.25, -0.2) is 4.79 Å². The lowest BCUT2D eigenvalue weighted by Gasteiger charge is -2.25. The number of carbonyl (C=O) groups is 2. The van der Waals surface area contributed by atoms with Gasteiger partial charge in [0.1, 0.15) is 17.9 Å². The normalized spacial score (nSPS) is 13.4. The summed E-state index contributed by atoms with van der Waals surface area (Å²) in [5.74, 6) is -1.82. The fraction of sp³-hybridized carbons (Fsp3) is 0.261. The van der Waals surface area contributed by atoms with Crippen LogP contribution in [-0.4, -0.2) is 27.5 Å². The van der Waals surface area contributed by atoms with E-state index in [1.807, 2.05) is 0 Å². The number of hydrogen-bond donors (Lipinski definition) is 2. The lowest BCUT2D eigenvalue weighted by Crippen LogP contribution is -2.51. The number of nitrogens with zero attached hydrogens (tertiary/aromatic N) is 1. The molecule has 2 aromatic carbocycles. The number of rotatable bonds is 7. The number of ether oxygens (including phenoxy) is 1. The van der Waals surface area contributed by atoms with Gasteiger partial charge in [-0.1, -0.05) is 42.8 Å². The Kier molecular flexibility index (Phi) is 6.83. The Morgan fingerprint density at radius 3 is 2.36 bits per heavy atom. The number of amides is 1. The van der Waals surface area contributed by atoms with E-state index in [4.69, 9.17) is 16.3 Å². The van der Waals surface area contributed by atoms with Crippen molar-refractivity contribution in [1.29, 1.82) is 0 Å². The molecule has 6 nitrogen and oxygen atoms in total. The molecule has 0 bridgehead atoms. The molecule has 1 aromatic heterocycles. The van der Waals surface area contributed by atoms with Crippen molar-refractivity contribution in [3.8, 4) is 5.75 Å². The minimum absolute atomic E-state index is 0.00784. The second-order valence-corrected chi connectivity index (χ2v) is 7.96. The van der Waals surface area contributed by atoms with Crippen LogP contribution in [0.3, 0.4) is 0 Å². The van der Waals surface area contributed by atoms with Crippen molar-refractivity contribution in [2.45, 2.75) is 38.6 Å². The molecule has 0 aliphatic carbocycles. The molecule has 0 spiro atoms. The second kappa shape index (κ2) is 9.27. The number of alkyl halides is 3. The van der Waals surface area contributed by atoms with E-state index in [0.717, 1.165) is 6.07 Å². The fourth-order valence-electron chi connectivity index (χ4n) is 3.06. The Hall–Kier alpha value is -3.33. The SMILES string of the molecule is CCC(C)(NC(=O)c1cc(Cl)c2ccccc2c1OCc1ccc(C(F)(F)F)cn1)C(=O)O. The van der Waals surface area contributed by atoms with Crippen molar-refractivity contribution in [2.24, 2.45) is 0 Å². The van der Waals surface area contributed by atoms with E-state index in [1.54, 1.807) is 31.2 Å². The Morgan fingerprint density at radius 2 is 1.82 bits per heavy atom. The largest absolute Gasteiger partial charge is 0.486 e. The summed E-state index contributed by atoms with van der Waals surface area (Å²) in [6, 6.07) is 10.3. The molecular weight excluding hydrogens is 461 g/mol. The van der Waals surface area contributed by atoms with E-state index >= 15 is 0 Å². The van der Waals surface area contributed by atoms with Gasteiger partial charge in [0.15, 0.2) is 0 Å². The molecule has 0 aliphatic rings. The average Bonchev–Trinajstić information content (AvgIpc) is 2.77. The third kappa shape index (κ3) is 5.19. The van der Waals surface area contributed by atoms with E-state index in [-0.39, 0.29) is 35.1 Å². The van der Waals surface area contributed by atoms with Crippen molar-refractivity contribution >= 4 is 34.2 Å². The number of pyridine rings is 1. The zero-order valence-corrected chi connectivity index (χ0v) is 18.4. The first kappa shape index (κ1) is 24.3. The standard InChI is InChI=1S/C23H20ClF3N2O4/c1-3-22(2,21(31)32)29-20(30)17-10-18(24)15-6-4-5-7-16(15)19(17)33-12-14-9-8-13(11-28-14)23(25,26)27/h4-11H,3,12H2,1-2H3,(H,29,30)(H,31,32). The van der Waals surface area contributed by atoms with Crippen molar-refractivity contribution in [3.63, 3.8) is 0 Å². The maximum atomic E-state index is 13.1. The molecule has 0 aliphatic heterocycles. The van der Waals surface area contributed by atoms with Crippen LogP contribution >= 0.6 is 11.6 Å². The van der Waals surface area contributed by atoms with E-state index < -0.39 is 29.2 Å². The first-order valence-electron chi connectivity index (χ1n) is 9.88. The third-order valence-electron chi connectivity index (χ3n) is 5.27. The quantitative estimate of drug-likeness (QED) is 0.468. The zero-order valence-electron chi connectivity index (χ0n) is 17.7. The van der Waals surface area contributed by atoms with Gasteiger partial charge in [0.05, 0.1) is 16.8 Å². The molecule has 1 unspecified atom stereocenters. The minimum Gasteiger partial charge on any atom is -0.486 e. The molecule has 2 N–H and O–H groups in total. The Bertz CT molecular complexity index is 1200. The summed E-state index contributed by atoms with van der Waals surface area (Å²) in [5.41, 5.74) is -2.22.